The number of hydrogen-bond donors (Lipinski definition) is 1. The average molecular weight is 450 g/mol. The van der Waals surface area contributed by atoms with Crippen LogP contribution in [0.15, 0.2) is 61.3 Å². The first-order valence-electron chi connectivity index (χ1n) is 11.2. The molecule has 1 aliphatic heterocycles. The molecule has 2 N–H and O–H groups in total. The lowest BCUT2D eigenvalue weighted by Gasteiger charge is -2.31. The first kappa shape index (κ1) is 24.2. The topological polar surface area (TPSA) is 92.9 Å². The summed E-state index contributed by atoms with van der Waals surface area (Å²) in [6.07, 6.45) is 2.74. The van der Waals surface area contributed by atoms with E-state index in [9.17, 15) is 14.4 Å². The molecule has 2 aromatic carbocycles. The van der Waals surface area contributed by atoms with Crippen molar-refractivity contribution in [3.8, 4) is 11.1 Å². The molecule has 0 bridgehead atoms. The van der Waals surface area contributed by atoms with E-state index >= 15 is 0 Å². The molecule has 0 saturated carbocycles. The molecule has 2 aromatic rings. The van der Waals surface area contributed by atoms with Gasteiger partial charge in [0.15, 0.2) is 0 Å². The van der Waals surface area contributed by atoms with Gasteiger partial charge >= 0.3 is 5.97 Å². The third-order valence-electron chi connectivity index (χ3n) is 5.86. The molecule has 0 atom stereocenters. The molecule has 3 rings (SSSR count). The summed E-state index contributed by atoms with van der Waals surface area (Å²) in [5.41, 5.74) is 9.00. The third-order valence-corrected chi connectivity index (χ3v) is 5.86. The Morgan fingerprint density at radius 2 is 1.82 bits per heavy atom. The van der Waals surface area contributed by atoms with Gasteiger partial charge < -0.3 is 20.3 Å². The number of rotatable bonds is 8. The van der Waals surface area contributed by atoms with E-state index in [0.29, 0.717) is 44.6 Å². The predicted octanol–water partition coefficient (Wildman–Crippen LogP) is 3.20. The summed E-state index contributed by atoms with van der Waals surface area (Å²) in [5, 5.41) is 0. The van der Waals surface area contributed by atoms with Gasteiger partial charge in [0.1, 0.15) is 0 Å². The van der Waals surface area contributed by atoms with Crippen molar-refractivity contribution in [2.75, 3.05) is 26.2 Å². The number of amides is 2. The molecule has 2 amide bonds. The van der Waals surface area contributed by atoms with Gasteiger partial charge in [-0.05, 0) is 60.9 Å². The smallest absolute Gasteiger partial charge is 0.309 e. The maximum atomic E-state index is 12.9. The molecule has 1 aliphatic rings. The number of esters is 1. The number of nitrogens with zero attached hydrogens (tertiary/aromatic N) is 2. The van der Waals surface area contributed by atoms with Gasteiger partial charge in [-0.2, -0.15) is 0 Å². The second-order valence-electron chi connectivity index (χ2n) is 8.00. The van der Waals surface area contributed by atoms with E-state index < -0.39 is 0 Å². The number of likely N-dealkylation sites (tertiary alicyclic amines) is 1. The maximum Gasteiger partial charge on any atom is 0.309 e. The van der Waals surface area contributed by atoms with Crippen LogP contribution in [-0.4, -0.2) is 53.8 Å². The van der Waals surface area contributed by atoms with Crippen LogP contribution in [0, 0.1) is 5.92 Å². The van der Waals surface area contributed by atoms with Gasteiger partial charge in [-0.3, -0.25) is 14.4 Å². The molecule has 174 valence electrons. The minimum atomic E-state index is -0.190. The highest BCUT2D eigenvalue weighted by atomic mass is 16.5. The first-order valence-corrected chi connectivity index (χ1v) is 11.2. The van der Waals surface area contributed by atoms with Crippen molar-refractivity contribution in [1.82, 2.24) is 9.80 Å². The molecular weight excluding hydrogens is 418 g/mol. The lowest BCUT2D eigenvalue weighted by molar-refractivity contribution is -0.149. The molecule has 0 spiro atoms. The molecule has 0 unspecified atom stereocenters. The van der Waals surface area contributed by atoms with E-state index in [0.717, 1.165) is 16.7 Å². The molecule has 7 heteroatoms. The van der Waals surface area contributed by atoms with Gasteiger partial charge in [-0.1, -0.05) is 36.9 Å². The normalized spacial score (nSPS) is 13.9. The quantitative estimate of drug-likeness (QED) is 0.625. The molecular formula is C26H31N3O4. The van der Waals surface area contributed by atoms with Gasteiger partial charge in [-0.25, -0.2) is 0 Å². The van der Waals surface area contributed by atoms with Crippen LogP contribution in [0.5, 0.6) is 0 Å². The molecule has 33 heavy (non-hydrogen) atoms. The third kappa shape index (κ3) is 6.08. The molecule has 7 nitrogen and oxygen atoms in total. The molecule has 0 aliphatic carbocycles. The molecule has 1 heterocycles. The minimum absolute atomic E-state index is 0.0282. The monoisotopic (exact) mass is 449 g/mol. The van der Waals surface area contributed by atoms with Gasteiger partial charge in [0.05, 0.1) is 25.6 Å². The van der Waals surface area contributed by atoms with Gasteiger partial charge in [0, 0.05) is 18.7 Å². The zero-order valence-electron chi connectivity index (χ0n) is 19.0. The van der Waals surface area contributed by atoms with Crippen LogP contribution in [0.2, 0.25) is 0 Å². The van der Waals surface area contributed by atoms with Crippen LogP contribution in [0.4, 0.5) is 0 Å². The van der Waals surface area contributed by atoms with Crippen LogP contribution < -0.4 is 5.73 Å². The average Bonchev–Trinajstić information content (AvgIpc) is 2.87. The van der Waals surface area contributed by atoms with Crippen LogP contribution in [0.3, 0.4) is 0 Å². The van der Waals surface area contributed by atoms with Crippen molar-refractivity contribution in [3.05, 3.63) is 72.4 Å². The summed E-state index contributed by atoms with van der Waals surface area (Å²) in [7, 11) is 0. The Hall–Kier alpha value is -3.45. The van der Waals surface area contributed by atoms with Crippen molar-refractivity contribution in [2.24, 2.45) is 11.7 Å². The van der Waals surface area contributed by atoms with Crippen molar-refractivity contribution in [2.45, 2.75) is 26.3 Å². The maximum absolute atomic E-state index is 12.9. The summed E-state index contributed by atoms with van der Waals surface area (Å²) in [4.78, 5) is 40.0. The SMILES string of the molecule is C=CN(Cc1cccc(-c2ccc(C(=O)N3CCC(C(=O)OCC)CC3)cc2)c1)C(=O)CN. The largest absolute Gasteiger partial charge is 0.466 e. The highest BCUT2D eigenvalue weighted by Gasteiger charge is 2.28. The fourth-order valence-electron chi connectivity index (χ4n) is 3.98. The Kier molecular flexibility index (Phi) is 8.38. The second kappa shape index (κ2) is 11.4. The zero-order chi connectivity index (χ0) is 23.8. The zero-order valence-corrected chi connectivity index (χ0v) is 19.0. The fraction of sp³-hybridized carbons (Fsp3) is 0.346. The number of piperidine rings is 1. The summed E-state index contributed by atoms with van der Waals surface area (Å²) >= 11 is 0. The highest BCUT2D eigenvalue weighted by molar-refractivity contribution is 5.95. The van der Waals surface area contributed by atoms with Crippen molar-refractivity contribution in [3.63, 3.8) is 0 Å². The predicted molar refractivity (Wildman–Crippen MR) is 127 cm³/mol. The lowest BCUT2D eigenvalue weighted by atomic mass is 9.96. The molecule has 1 saturated heterocycles. The first-order chi connectivity index (χ1) is 16.0. The van der Waals surface area contributed by atoms with Crippen molar-refractivity contribution in [1.29, 1.82) is 0 Å². The van der Waals surface area contributed by atoms with E-state index in [4.69, 9.17) is 10.5 Å². The summed E-state index contributed by atoms with van der Waals surface area (Å²) in [6, 6.07) is 15.4. The molecule has 0 radical (unpaired) electrons. The van der Waals surface area contributed by atoms with Crippen LogP contribution in [0.1, 0.15) is 35.7 Å². The van der Waals surface area contributed by atoms with Crippen LogP contribution in [0.25, 0.3) is 11.1 Å². The summed E-state index contributed by atoms with van der Waals surface area (Å²) in [6.45, 7) is 7.29. The number of carbonyl (C=O) groups excluding carboxylic acids is 3. The minimum Gasteiger partial charge on any atom is -0.466 e. The Labute approximate surface area is 194 Å². The van der Waals surface area contributed by atoms with Gasteiger partial charge in [0.25, 0.3) is 5.91 Å². The number of ether oxygens (including phenoxy) is 1. The number of nitrogens with two attached hydrogens (primary N) is 1. The number of carbonyl (C=O) groups is 3. The second-order valence-corrected chi connectivity index (χ2v) is 8.00. The van der Waals surface area contributed by atoms with Crippen LogP contribution >= 0.6 is 0 Å². The Morgan fingerprint density at radius 3 is 2.42 bits per heavy atom. The van der Waals surface area contributed by atoms with Crippen LogP contribution in [-0.2, 0) is 20.9 Å². The fourth-order valence-corrected chi connectivity index (χ4v) is 3.98. The molecule has 1 fully saturated rings. The van der Waals surface area contributed by atoms with Gasteiger partial charge in [0.2, 0.25) is 5.91 Å². The highest BCUT2D eigenvalue weighted by Crippen LogP contribution is 2.24. The number of hydrogen-bond acceptors (Lipinski definition) is 5. The standard InChI is InChI=1S/C26H31N3O4/c1-3-28(24(30)17-27)18-19-6-5-7-23(16-19)20-8-10-21(11-9-20)25(31)29-14-12-22(13-15-29)26(32)33-4-2/h3,5-11,16,22H,1,4,12-15,17-18,27H2,2H3. The van der Waals surface area contributed by atoms with E-state index in [-0.39, 0.29) is 30.2 Å². The Morgan fingerprint density at radius 1 is 1.12 bits per heavy atom. The molecule has 0 aromatic heterocycles. The Balaban J connectivity index is 1.65. The van der Waals surface area contributed by atoms with Gasteiger partial charge in [-0.15, -0.1) is 0 Å². The Bertz CT molecular complexity index is 995. The van der Waals surface area contributed by atoms with E-state index in [2.05, 4.69) is 6.58 Å². The van der Waals surface area contributed by atoms with E-state index in [1.54, 1.807) is 11.8 Å². The van der Waals surface area contributed by atoms with Crippen molar-refractivity contribution < 1.29 is 19.1 Å². The van der Waals surface area contributed by atoms with E-state index in [1.165, 1.54) is 11.1 Å². The summed E-state index contributed by atoms with van der Waals surface area (Å²) < 4.78 is 5.10. The number of benzene rings is 2. The van der Waals surface area contributed by atoms with E-state index in [1.807, 2.05) is 48.5 Å². The lowest BCUT2D eigenvalue weighted by Crippen LogP contribution is -2.40. The summed E-state index contributed by atoms with van der Waals surface area (Å²) in [5.74, 6) is -0.510. The van der Waals surface area contributed by atoms with Crippen molar-refractivity contribution >= 4 is 17.8 Å².